The number of hydrogen-bond acceptors (Lipinski definition) is 4. The number of H-pyrrole nitrogens is 2. The van der Waals surface area contributed by atoms with Crippen molar-refractivity contribution in [3.8, 4) is 33.1 Å². The molecule has 116 valence electrons. The average molecular weight is 332 g/mol. The molecule has 6 nitrogen and oxygen atoms in total. The highest BCUT2D eigenvalue weighted by Gasteiger charge is 2.10. The van der Waals surface area contributed by atoms with Crippen LogP contribution in [0.15, 0.2) is 61.7 Å². The first-order chi connectivity index (χ1) is 11.9. The summed E-state index contributed by atoms with van der Waals surface area (Å²) >= 11 is 1.67. The van der Waals surface area contributed by atoms with Crippen molar-refractivity contribution < 1.29 is 0 Å². The molecule has 5 aromatic rings. The summed E-state index contributed by atoms with van der Waals surface area (Å²) in [5.74, 6) is 0. The smallest absolute Gasteiger partial charge is 0.194 e. The molecule has 0 bridgehead atoms. The number of fused-ring (bicyclic) bond motifs is 1. The van der Waals surface area contributed by atoms with Crippen molar-refractivity contribution in [3.63, 3.8) is 0 Å². The summed E-state index contributed by atoms with van der Waals surface area (Å²) in [6.07, 6.45) is 11.1. The van der Waals surface area contributed by atoms with E-state index in [1.165, 1.54) is 10.4 Å². The lowest BCUT2D eigenvalue weighted by Crippen LogP contribution is -1.79. The monoisotopic (exact) mass is 332 g/mol. The maximum atomic E-state index is 4.66. The number of rotatable bonds is 3. The van der Waals surface area contributed by atoms with Crippen LogP contribution in [0.5, 0.6) is 0 Å². The quantitative estimate of drug-likeness (QED) is 0.527. The molecule has 4 aromatic heterocycles. The van der Waals surface area contributed by atoms with Gasteiger partial charge in [-0.05, 0) is 11.1 Å². The van der Waals surface area contributed by atoms with Crippen LogP contribution < -0.4 is 0 Å². The molecule has 0 unspecified atom stereocenters. The molecule has 0 atom stereocenters. The van der Waals surface area contributed by atoms with Crippen LogP contribution >= 0.6 is 11.3 Å². The second-order valence-electron chi connectivity index (χ2n) is 5.42. The molecular weight excluding hydrogens is 320 g/mol. The Balaban J connectivity index is 1.49. The Labute approximate surface area is 140 Å². The van der Waals surface area contributed by atoms with Gasteiger partial charge in [-0.1, -0.05) is 35.6 Å². The van der Waals surface area contributed by atoms with E-state index < -0.39 is 0 Å². The summed E-state index contributed by atoms with van der Waals surface area (Å²) in [7, 11) is 0. The predicted octanol–water partition coefficient (Wildman–Crippen LogP) is 3.84. The predicted molar refractivity (Wildman–Crippen MR) is 93.7 cm³/mol. The first-order valence-corrected chi connectivity index (χ1v) is 8.25. The fraction of sp³-hybridized carbons (Fsp3) is 0. The Bertz CT molecular complexity index is 1050. The summed E-state index contributed by atoms with van der Waals surface area (Å²) < 4.78 is 2.05. The van der Waals surface area contributed by atoms with Crippen molar-refractivity contribution in [2.24, 2.45) is 0 Å². The Morgan fingerprint density at radius 3 is 2.21 bits per heavy atom. The van der Waals surface area contributed by atoms with E-state index in [2.05, 4.69) is 59.8 Å². The van der Waals surface area contributed by atoms with Gasteiger partial charge in [0.2, 0.25) is 0 Å². The van der Waals surface area contributed by atoms with Crippen LogP contribution in [0.3, 0.4) is 0 Å². The number of aromatic nitrogens is 6. The number of thiazole rings is 1. The third kappa shape index (κ3) is 2.14. The van der Waals surface area contributed by atoms with Crippen LogP contribution in [0.1, 0.15) is 0 Å². The van der Waals surface area contributed by atoms with Gasteiger partial charge in [0.05, 0.1) is 41.3 Å². The highest BCUT2D eigenvalue weighted by molar-refractivity contribution is 7.20. The number of nitrogens with zero attached hydrogens (tertiary/aromatic N) is 4. The molecule has 0 spiro atoms. The second kappa shape index (κ2) is 5.17. The minimum Gasteiger partial charge on any atom is -0.345 e. The Morgan fingerprint density at radius 2 is 1.54 bits per heavy atom. The van der Waals surface area contributed by atoms with Crippen LogP contribution in [0.2, 0.25) is 0 Å². The summed E-state index contributed by atoms with van der Waals surface area (Å²) in [4.78, 5) is 21.1. The average Bonchev–Trinajstić information content (AvgIpc) is 3.37. The molecule has 0 radical (unpaired) electrons. The second-order valence-corrected chi connectivity index (χ2v) is 6.43. The number of hydrogen-bond donors (Lipinski definition) is 2. The summed E-state index contributed by atoms with van der Waals surface area (Å²) in [5.41, 5.74) is 5.15. The van der Waals surface area contributed by atoms with Crippen molar-refractivity contribution in [1.82, 2.24) is 29.3 Å². The fourth-order valence-electron chi connectivity index (χ4n) is 2.68. The maximum absolute atomic E-state index is 4.66. The van der Waals surface area contributed by atoms with E-state index in [4.69, 9.17) is 0 Å². The van der Waals surface area contributed by atoms with Gasteiger partial charge in [0.25, 0.3) is 0 Å². The molecule has 4 heterocycles. The highest BCUT2D eigenvalue weighted by atomic mass is 32.1. The van der Waals surface area contributed by atoms with Gasteiger partial charge in [0.1, 0.15) is 5.69 Å². The summed E-state index contributed by atoms with van der Waals surface area (Å²) in [6, 6.07) is 8.44. The van der Waals surface area contributed by atoms with E-state index in [0.29, 0.717) is 0 Å². The normalized spacial score (nSPS) is 11.3. The van der Waals surface area contributed by atoms with Gasteiger partial charge in [-0.2, -0.15) is 0 Å². The molecule has 0 amide bonds. The minimum absolute atomic E-state index is 0.903. The van der Waals surface area contributed by atoms with Crippen molar-refractivity contribution in [2.45, 2.75) is 0 Å². The maximum Gasteiger partial charge on any atom is 0.194 e. The lowest BCUT2D eigenvalue weighted by atomic mass is 10.1. The van der Waals surface area contributed by atoms with Gasteiger partial charge < -0.3 is 9.97 Å². The van der Waals surface area contributed by atoms with Crippen LogP contribution in [0, 0.1) is 0 Å². The molecule has 24 heavy (non-hydrogen) atoms. The third-order valence-electron chi connectivity index (χ3n) is 3.91. The number of benzene rings is 1. The molecular formula is C17H12N6S. The van der Waals surface area contributed by atoms with Crippen LogP contribution in [-0.4, -0.2) is 29.3 Å². The van der Waals surface area contributed by atoms with Gasteiger partial charge in [-0.25, -0.2) is 15.0 Å². The summed E-state index contributed by atoms with van der Waals surface area (Å²) in [6.45, 7) is 0. The fourth-order valence-corrected chi connectivity index (χ4v) is 3.65. The Kier molecular flexibility index (Phi) is 2.86. The molecule has 0 aliphatic carbocycles. The largest absolute Gasteiger partial charge is 0.345 e. The molecule has 0 saturated heterocycles. The molecule has 7 heteroatoms. The van der Waals surface area contributed by atoms with E-state index in [0.717, 1.165) is 27.6 Å². The van der Waals surface area contributed by atoms with Crippen molar-refractivity contribution in [2.75, 3.05) is 0 Å². The van der Waals surface area contributed by atoms with Gasteiger partial charge in [-0.3, -0.25) is 4.40 Å². The number of nitrogens with one attached hydrogen (secondary N) is 2. The van der Waals surface area contributed by atoms with Crippen molar-refractivity contribution in [1.29, 1.82) is 0 Å². The molecule has 2 N–H and O–H groups in total. The Hall–Kier alpha value is -3.19. The minimum atomic E-state index is 0.903. The van der Waals surface area contributed by atoms with Crippen molar-refractivity contribution in [3.05, 3.63) is 61.7 Å². The topological polar surface area (TPSA) is 74.7 Å². The van der Waals surface area contributed by atoms with Crippen molar-refractivity contribution >= 4 is 16.3 Å². The standard InChI is InChI=1S/C17H12N6S/c1-3-12(4-2-11(1)13-5-18-9-20-13)16-8-23-7-15(22-17(23)24-16)14-6-19-10-21-14/h1-10H,(H,18,20)(H,19,21). The lowest BCUT2D eigenvalue weighted by molar-refractivity contribution is 1.23. The van der Waals surface area contributed by atoms with E-state index in [9.17, 15) is 0 Å². The lowest BCUT2D eigenvalue weighted by Gasteiger charge is -2.00. The van der Waals surface area contributed by atoms with E-state index in [1.807, 2.05) is 12.4 Å². The molecule has 5 rings (SSSR count). The first-order valence-electron chi connectivity index (χ1n) is 7.43. The van der Waals surface area contributed by atoms with Crippen LogP contribution in [-0.2, 0) is 0 Å². The SMILES string of the molecule is c1ncc(-c2ccc(-c3cn4cc(-c5cnc[nH]5)nc4s3)cc2)[nH]1. The molecule has 0 aliphatic heterocycles. The number of aromatic amines is 2. The number of imidazole rings is 3. The molecule has 1 aromatic carbocycles. The van der Waals surface area contributed by atoms with Crippen LogP contribution in [0.25, 0.3) is 38.0 Å². The molecule has 0 fully saturated rings. The third-order valence-corrected chi connectivity index (χ3v) is 4.95. The van der Waals surface area contributed by atoms with Gasteiger partial charge in [0.15, 0.2) is 4.96 Å². The van der Waals surface area contributed by atoms with E-state index in [-0.39, 0.29) is 0 Å². The van der Waals surface area contributed by atoms with E-state index in [1.54, 1.807) is 30.2 Å². The first kappa shape index (κ1) is 13.3. The zero-order chi connectivity index (χ0) is 15.9. The Morgan fingerprint density at radius 1 is 0.833 bits per heavy atom. The zero-order valence-corrected chi connectivity index (χ0v) is 13.3. The van der Waals surface area contributed by atoms with Gasteiger partial charge in [0, 0.05) is 12.4 Å². The highest BCUT2D eigenvalue weighted by Crippen LogP contribution is 2.31. The van der Waals surface area contributed by atoms with Gasteiger partial charge >= 0.3 is 0 Å². The molecule has 0 aliphatic rings. The summed E-state index contributed by atoms with van der Waals surface area (Å²) in [5, 5.41) is 0. The molecule has 0 saturated carbocycles. The zero-order valence-electron chi connectivity index (χ0n) is 12.5. The van der Waals surface area contributed by atoms with Gasteiger partial charge in [-0.15, -0.1) is 0 Å². The van der Waals surface area contributed by atoms with Crippen LogP contribution in [0.4, 0.5) is 0 Å². The van der Waals surface area contributed by atoms with E-state index >= 15 is 0 Å².